The first kappa shape index (κ1) is 15.5. The molecule has 19 heavy (non-hydrogen) atoms. The molecule has 0 fully saturated rings. The molecule has 0 spiro atoms. The van der Waals surface area contributed by atoms with Gasteiger partial charge in [0.25, 0.3) is 0 Å². The molecule has 1 unspecified atom stereocenters. The summed E-state index contributed by atoms with van der Waals surface area (Å²) in [5.41, 5.74) is 0.576. The molecule has 1 aromatic rings. The van der Waals surface area contributed by atoms with Gasteiger partial charge >= 0.3 is 0 Å². The Labute approximate surface area is 115 Å². The molecule has 0 aliphatic rings. The SMILES string of the molecule is CNC(C)(C#N)CCCCN(C)c1ccc(F)cc1. The second-order valence-electron chi connectivity index (χ2n) is 5.05. The van der Waals surface area contributed by atoms with Crippen molar-refractivity contribution in [3.8, 4) is 6.07 Å². The number of unbranched alkanes of at least 4 members (excludes halogenated alkanes) is 1. The van der Waals surface area contributed by atoms with Crippen LogP contribution in [0.3, 0.4) is 0 Å². The maximum Gasteiger partial charge on any atom is 0.123 e. The van der Waals surface area contributed by atoms with Crippen molar-refractivity contribution < 1.29 is 4.39 Å². The maximum atomic E-state index is 12.8. The number of anilines is 1. The van der Waals surface area contributed by atoms with Gasteiger partial charge in [0.1, 0.15) is 11.4 Å². The van der Waals surface area contributed by atoms with Crippen LogP contribution < -0.4 is 10.2 Å². The fraction of sp³-hybridized carbons (Fsp3) is 0.533. The van der Waals surface area contributed by atoms with Gasteiger partial charge in [-0.3, -0.25) is 0 Å². The predicted molar refractivity (Wildman–Crippen MR) is 76.6 cm³/mol. The lowest BCUT2D eigenvalue weighted by Crippen LogP contribution is -2.38. The van der Waals surface area contributed by atoms with Gasteiger partial charge in [0, 0.05) is 19.3 Å². The van der Waals surface area contributed by atoms with Gasteiger partial charge in [0.2, 0.25) is 0 Å². The second-order valence-corrected chi connectivity index (χ2v) is 5.05. The van der Waals surface area contributed by atoms with E-state index in [4.69, 9.17) is 5.26 Å². The van der Waals surface area contributed by atoms with Crippen molar-refractivity contribution in [3.05, 3.63) is 30.1 Å². The summed E-state index contributed by atoms with van der Waals surface area (Å²) in [5.74, 6) is -0.212. The highest BCUT2D eigenvalue weighted by Crippen LogP contribution is 2.16. The Bertz CT molecular complexity index is 424. The molecule has 0 bridgehead atoms. The minimum absolute atomic E-state index is 0.212. The van der Waals surface area contributed by atoms with Crippen molar-refractivity contribution in [1.29, 1.82) is 5.26 Å². The Hall–Kier alpha value is -1.60. The molecule has 0 aliphatic carbocycles. The van der Waals surface area contributed by atoms with Crippen molar-refractivity contribution in [2.75, 3.05) is 25.5 Å². The molecule has 1 rings (SSSR count). The molecule has 0 amide bonds. The minimum Gasteiger partial charge on any atom is -0.375 e. The normalized spacial score (nSPS) is 13.6. The number of nitrogens with zero attached hydrogens (tertiary/aromatic N) is 2. The lowest BCUT2D eigenvalue weighted by Gasteiger charge is -2.22. The first-order chi connectivity index (χ1) is 9.00. The van der Waals surface area contributed by atoms with E-state index >= 15 is 0 Å². The number of benzene rings is 1. The lowest BCUT2D eigenvalue weighted by atomic mass is 9.97. The summed E-state index contributed by atoms with van der Waals surface area (Å²) in [5, 5.41) is 12.1. The molecular weight excluding hydrogens is 241 g/mol. The van der Waals surface area contributed by atoms with Gasteiger partial charge in [-0.25, -0.2) is 4.39 Å². The summed E-state index contributed by atoms with van der Waals surface area (Å²) in [6, 6.07) is 8.79. The summed E-state index contributed by atoms with van der Waals surface area (Å²) in [6.45, 7) is 2.81. The number of nitriles is 1. The van der Waals surface area contributed by atoms with E-state index in [0.29, 0.717) is 0 Å². The third kappa shape index (κ3) is 4.88. The van der Waals surface area contributed by atoms with Crippen LogP contribution in [0.5, 0.6) is 0 Å². The van der Waals surface area contributed by atoms with Gasteiger partial charge in [-0.2, -0.15) is 5.26 Å². The predicted octanol–water partition coefficient (Wildman–Crippen LogP) is 2.93. The van der Waals surface area contributed by atoms with Crippen molar-refractivity contribution in [1.82, 2.24) is 5.32 Å². The highest BCUT2D eigenvalue weighted by atomic mass is 19.1. The highest BCUT2D eigenvalue weighted by molar-refractivity contribution is 5.45. The molecule has 1 N–H and O–H groups in total. The van der Waals surface area contributed by atoms with Crippen LogP contribution in [-0.4, -0.2) is 26.2 Å². The van der Waals surface area contributed by atoms with E-state index in [1.165, 1.54) is 12.1 Å². The fourth-order valence-electron chi connectivity index (χ4n) is 1.89. The van der Waals surface area contributed by atoms with Crippen LogP contribution in [0.2, 0.25) is 0 Å². The lowest BCUT2D eigenvalue weighted by molar-refractivity contribution is 0.434. The van der Waals surface area contributed by atoms with Gasteiger partial charge in [0.05, 0.1) is 6.07 Å². The Balaban J connectivity index is 2.34. The average molecular weight is 263 g/mol. The van der Waals surface area contributed by atoms with Gasteiger partial charge in [-0.05, 0) is 57.5 Å². The standard InChI is InChI=1S/C15H22FN3/c1-15(12-17,18-2)10-4-5-11-19(3)14-8-6-13(16)7-9-14/h6-9,18H,4-5,10-11H2,1-3H3. The molecule has 0 radical (unpaired) electrons. The summed E-state index contributed by atoms with van der Waals surface area (Å²) < 4.78 is 12.8. The van der Waals surface area contributed by atoms with Crippen LogP contribution in [0, 0.1) is 17.1 Å². The van der Waals surface area contributed by atoms with Crippen LogP contribution in [0.4, 0.5) is 10.1 Å². The summed E-state index contributed by atoms with van der Waals surface area (Å²) in [7, 11) is 3.81. The molecule has 0 saturated heterocycles. The zero-order chi connectivity index (χ0) is 14.3. The van der Waals surface area contributed by atoms with Crippen LogP contribution in [0.1, 0.15) is 26.2 Å². The Morgan fingerprint density at radius 3 is 2.47 bits per heavy atom. The number of hydrogen-bond donors (Lipinski definition) is 1. The van der Waals surface area contributed by atoms with Crippen LogP contribution in [0.15, 0.2) is 24.3 Å². The summed E-state index contributed by atoms with van der Waals surface area (Å²) in [6.07, 6.45) is 2.82. The smallest absolute Gasteiger partial charge is 0.123 e. The fourth-order valence-corrected chi connectivity index (χ4v) is 1.89. The molecule has 0 aliphatic heterocycles. The molecule has 4 heteroatoms. The Morgan fingerprint density at radius 1 is 1.32 bits per heavy atom. The van der Waals surface area contributed by atoms with E-state index in [0.717, 1.165) is 31.5 Å². The maximum absolute atomic E-state index is 12.8. The van der Waals surface area contributed by atoms with E-state index in [9.17, 15) is 4.39 Å². The van der Waals surface area contributed by atoms with E-state index in [-0.39, 0.29) is 5.82 Å². The minimum atomic E-state index is -0.436. The third-order valence-corrected chi connectivity index (χ3v) is 3.49. The van der Waals surface area contributed by atoms with Crippen molar-refractivity contribution in [2.24, 2.45) is 0 Å². The quantitative estimate of drug-likeness (QED) is 0.769. The zero-order valence-corrected chi connectivity index (χ0v) is 11.9. The monoisotopic (exact) mass is 263 g/mol. The molecule has 0 aromatic heterocycles. The van der Waals surface area contributed by atoms with Gasteiger partial charge in [-0.15, -0.1) is 0 Å². The second kappa shape index (κ2) is 7.10. The molecule has 0 saturated carbocycles. The van der Waals surface area contributed by atoms with Crippen molar-refractivity contribution in [2.45, 2.75) is 31.7 Å². The Morgan fingerprint density at radius 2 is 1.95 bits per heavy atom. The Kier molecular flexibility index (Phi) is 5.78. The molecular formula is C15H22FN3. The van der Waals surface area contributed by atoms with E-state index in [1.807, 2.05) is 21.0 Å². The average Bonchev–Trinajstić information content (AvgIpc) is 2.44. The van der Waals surface area contributed by atoms with Gasteiger partial charge < -0.3 is 10.2 Å². The third-order valence-electron chi connectivity index (χ3n) is 3.49. The molecule has 104 valence electrons. The van der Waals surface area contributed by atoms with Crippen LogP contribution >= 0.6 is 0 Å². The van der Waals surface area contributed by atoms with Gasteiger partial charge in [-0.1, -0.05) is 0 Å². The number of nitrogens with one attached hydrogen (secondary N) is 1. The van der Waals surface area contributed by atoms with Crippen LogP contribution in [-0.2, 0) is 0 Å². The number of rotatable bonds is 7. The zero-order valence-electron chi connectivity index (χ0n) is 11.9. The molecule has 0 heterocycles. The van der Waals surface area contributed by atoms with E-state index in [1.54, 1.807) is 12.1 Å². The van der Waals surface area contributed by atoms with Crippen molar-refractivity contribution >= 4 is 5.69 Å². The molecule has 1 aromatic carbocycles. The summed E-state index contributed by atoms with van der Waals surface area (Å²) >= 11 is 0. The van der Waals surface area contributed by atoms with Gasteiger partial charge in [0.15, 0.2) is 0 Å². The van der Waals surface area contributed by atoms with E-state index < -0.39 is 5.54 Å². The highest BCUT2D eigenvalue weighted by Gasteiger charge is 2.19. The number of halogens is 1. The number of hydrogen-bond acceptors (Lipinski definition) is 3. The molecule has 1 atom stereocenters. The largest absolute Gasteiger partial charge is 0.375 e. The van der Waals surface area contributed by atoms with Crippen LogP contribution in [0.25, 0.3) is 0 Å². The topological polar surface area (TPSA) is 39.1 Å². The molecule has 3 nitrogen and oxygen atoms in total. The first-order valence-electron chi connectivity index (χ1n) is 6.57. The van der Waals surface area contributed by atoms with E-state index in [2.05, 4.69) is 16.3 Å². The first-order valence-corrected chi connectivity index (χ1v) is 6.57. The summed E-state index contributed by atoms with van der Waals surface area (Å²) in [4.78, 5) is 2.10. The van der Waals surface area contributed by atoms with Crippen molar-refractivity contribution in [3.63, 3.8) is 0 Å².